The first-order valence-electron chi connectivity index (χ1n) is 13.4. The Balaban J connectivity index is 1.37. The summed E-state index contributed by atoms with van der Waals surface area (Å²) in [6, 6.07) is 28.0. The second-order valence-electron chi connectivity index (χ2n) is 9.78. The molecular formula is C32H32N2O4S. The predicted octanol–water partition coefficient (Wildman–Crippen LogP) is 5.41. The Hall–Kier alpha value is -3.84. The summed E-state index contributed by atoms with van der Waals surface area (Å²) < 4.78 is 6.18. The predicted molar refractivity (Wildman–Crippen MR) is 153 cm³/mol. The standard InChI is InChI=1S/C32H32N2O4S/c1-2-3-15-25-21-39-31-27(33-26(35)20-22-13-7-4-8-14-22)30(36)34(31)28(25)32(37)38-29(23-16-9-5-10-17-23)24-18-11-6-12-19-24/h4-14,16-19,27,29,31H,2-3,15,20-21H2,1H3,(H,33,35)/t27-,31-/m1/s1. The van der Waals surface area contributed by atoms with E-state index < -0.39 is 18.1 Å². The lowest BCUT2D eigenvalue weighted by molar-refractivity contribution is -0.154. The Morgan fingerprint density at radius 2 is 1.54 bits per heavy atom. The summed E-state index contributed by atoms with van der Waals surface area (Å²) in [6.07, 6.45) is 2.20. The molecule has 0 aromatic heterocycles. The van der Waals surface area contributed by atoms with Crippen LogP contribution in [0, 0.1) is 0 Å². The van der Waals surface area contributed by atoms with Gasteiger partial charge in [-0.25, -0.2) is 4.79 Å². The first kappa shape index (κ1) is 26.8. The van der Waals surface area contributed by atoms with E-state index in [-0.39, 0.29) is 23.6 Å². The van der Waals surface area contributed by atoms with Crippen LogP contribution in [0.25, 0.3) is 0 Å². The molecule has 2 aliphatic rings. The van der Waals surface area contributed by atoms with Crippen LogP contribution in [-0.2, 0) is 25.5 Å². The fourth-order valence-corrected chi connectivity index (χ4v) is 6.39. The van der Waals surface area contributed by atoms with E-state index >= 15 is 0 Å². The molecule has 3 aromatic rings. The van der Waals surface area contributed by atoms with Crippen molar-refractivity contribution in [3.05, 3.63) is 119 Å². The smallest absolute Gasteiger partial charge is 0.356 e. The molecule has 2 aliphatic heterocycles. The van der Waals surface area contributed by atoms with Gasteiger partial charge in [0, 0.05) is 5.75 Å². The van der Waals surface area contributed by atoms with Gasteiger partial charge in [-0.3, -0.25) is 14.5 Å². The number of nitrogens with one attached hydrogen (secondary N) is 1. The molecule has 2 heterocycles. The molecule has 0 saturated carbocycles. The number of fused-ring (bicyclic) bond motifs is 1. The topological polar surface area (TPSA) is 75.7 Å². The maximum atomic E-state index is 13.9. The van der Waals surface area contributed by atoms with Gasteiger partial charge in [0.15, 0.2) is 6.10 Å². The molecule has 1 saturated heterocycles. The monoisotopic (exact) mass is 540 g/mol. The number of thioether (sulfide) groups is 1. The number of benzene rings is 3. The van der Waals surface area contributed by atoms with E-state index in [4.69, 9.17) is 4.74 Å². The number of rotatable bonds is 10. The average molecular weight is 541 g/mol. The molecular weight excluding hydrogens is 508 g/mol. The van der Waals surface area contributed by atoms with Gasteiger partial charge < -0.3 is 10.1 Å². The number of hydrogen-bond acceptors (Lipinski definition) is 5. The number of unbranched alkanes of at least 4 members (excludes halogenated alkanes) is 1. The van der Waals surface area contributed by atoms with E-state index in [9.17, 15) is 14.4 Å². The molecule has 0 unspecified atom stereocenters. The van der Waals surface area contributed by atoms with Gasteiger partial charge in [0.25, 0.3) is 5.91 Å². The average Bonchev–Trinajstić information content (AvgIpc) is 2.98. The lowest BCUT2D eigenvalue weighted by Crippen LogP contribution is -2.70. The Bertz CT molecular complexity index is 1300. The molecule has 0 bridgehead atoms. The van der Waals surface area contributed by atoms with E-state index in [0.717, 1.165) is 41.5 Å². The van der Waals surface area contributed by atoms with Crippen LogP contribution in [0.3, 0.4) is 0 Å². The van der Waals surface area contributed by atoms with Gasteiger partial charge in [0.1, 0.15) is 17.1 Å². The minimum atomic E-state index is -0.666. The first-order chi connectivity index (χ1) is 19.1. The van der Waals surface area contributed by atoms with Crippen LogP contribution in [-0.4, -0.2) is 39.9 Å². The van der Waals surface area contributed by atoms with Gasteiger partial charge >= 0.3 is 5.97 Å². The Morgan fingerprint density at radius 3 is 2.13 bits per heavy atom. The summed E-state index contributed by atoms with van der Waals surface area (Å²) in [4.78, 5) is 41.5. The lowest BCUT2D eigenvalue weighted by atomic mass is 9.99. The Labute approximate surface area is 233 Å². The molecule has 0 spiro atoms. The Kier molecular flexibility index (Phi) is 8.47. The third kappa shape index (κ3) is 5.93. The number of esters is 1. The van der Waals surface area contributed by atoms with Crippen molar-refractivity contribution < 1.29 is 19.1 Å². The number of amides is 2. The molecule has 7 heteroatoms. The summed E-state index contributed by atoms with van der Waals surface area (Å²) in [5, 5.41) is 2.56. The van der Waals surface area contributed by atoms with Gasteiger partial charge in [-0.15, -0.1) is 11.8 Å². The number of nitrogens with zero attached hydrogens (tertiary/aromatic N) is 1. The third-order valence-electron chi connectivity index (χ3n) is 7.03. The summed E-state index contributed by atoms with van der Waals surface area (Å²) in [5.74, 6) is -0.374. The van der Waals surface area contributed by atoms with Crippen molar-refractivity contribution in [2.75, 3.05) is 5.75 Å². The van der Waals surface area contributed by atoms with Crippen molar-refractivity contribution in [2.45, 2.75) is 50.1 Å². The van der Waals surface area contributed by atoms with Crippen molar-refractivity contribution in [1.29, 1.82) is 0 Å². The van der Waals surface area contributed by atoms with Crippen LogP contribution in [0.15, 0.2) is 102 Å². The van der Waals surface area contributed by atoms with Crippen molar-refractivity contribution >= 4 is 29.5 Å². The molecule has 6 nitrogen and oxygen atoms in total. The van der Waals surface area contributed by atoms with Crippen molar-refractivity contribution in [3.8, 4) is 0 Å². The number of ether oxygens (including phenoxy) is 1. The lowest BCUT2D eigenvalue weighted by Gasteiger charge is -2.50. The van der Waals surface area contributed by atoms with Crippen LogP contribution in [0.5, 0.6) is 0 Å². The number of carbonyl (C=O) groups is 3. The zero-order chi connectivity index (χ0) is 27.2. The quantitative estimate of drug-likeness (QED) is 0.275. The molecule has 2 atom stereocenters. The van der Waals surface area contributed by atoms with E-state index in [2.05, 4.69) is 12.2 Å². The highest BCUT2D eigenvalue weighted by Gasteiger charge is 2.54. The molecule has 0 aliphatic carbocycles. The van der Waals surface area contributed by atoms with E-state index in [1.54, 1.807) is 16.7 Å². The molecule has 0 radical (unpaired) electrons. The van der Waals surface area contributed by atoms with Gasteiger partial charge in [0.2, 0.25) is 5.91 Å². The molecule has 3 aromatic carbocycles. The fraction of sp³-hybridized carbons (Fsp3) is 0.281. The number of carbonyl (C=O) groups excluding carboxylic acids is 3. The van der Waals surface area contributed by atoms with Crippen LogP contribution in [0.4, 0.5) is 0 Å². The summed E-state index contributed by atoms with van der Waals surface area (Å²) in [7, 11) is 0. The van der Waals surface area contributed by atoms with E-state index in [1.807, 2.05) is 91.0 Å². The Morgan fingerprint density at radius 1 is 0.949 bits per heavy atom. The maximum Gasteiger partial charge on any atom is 0.356 e. The molecule has 39 heavy (non-hydrogen) atoms. The highest BCUT2D eigenvalue weighted by Crippen LogP contribution is 2.42. The van der Waals surface area contributed by atoms with Gasteiger partial charge in [-0.05, 0) is 35.1 Å². The molecule has 5 rings (SSSR count). The van der Waals surface area contributed by atoms with Crippen LogP contribution >= 0.6 is 11.8 Å². The van der Waals surface area contributed by atoms with Gasteiger partial charge in [0.05, 0.1) is 6.42 Å². The maximum absolute atomic E-state index is 13.9. The number of β-lactam (4-membered cyclic amide) rings is 1. The molecule has 1 fully saturated rings. The zero-order valence-corrected chi connectivity index (χ0v) is 22.7. The van der Waals surface area contributed by atoms with E-state index in [1.165, 1.54) is 0 Å². The normalized spacial score (nSPS) is 18.4. The minimum Gasteiger partial charge on any atom is -0.448 e. The van der Waals surface area contributed by atoms with Crippen LogP contribution < -0.4 is 5.32 Å². The molecule has 1 N–H and O–H groups in total. The zero-order valence-electron chi connectivity index (χ0n) is 21.9. The van der Waals surface area contributed by atoms with Crippen molar-refractivity contribution in [2.24, 2.45) is 0 Å². The summed E-state index contributed by atoms with van der Waals surface area (Å²) >= 11 is 1.59. The second kappa shape index (κ2) is 12.3. The first-order valence-corrected chi connectivity index (χ1v) is 14.4. The molecule has 200 valence electrons. The van der Waals surface area contributed by atoms with Gasteiger partial charge in [-0.1, -0.05) is 104 Å². The SMILES string of the molecule is CCCCC1=C(C(=O)OC(c2ccccc2)c2ccccc2)N2C(=O)[C@@H](NC(=O)Cc3ccccc3)[C@H]2SC1. The fourth-order valence-electron chi connectivity index (χ4n) is 5.01. The van der Waals surface area contributed by atoms with Crippen LogP contribution in [0.2, 0.25) is 0 Å². The van der Waals surface area contributed by atoms with Gasteiger partial charge in [-0.2, -0.15) is 0 Å². The highest BCUT2D eigenvalue weighted by atomic mass is 32.2. The highest BCUT2D eigenvalue weighted by molar-refractivity contribution is 8.00. The number of hydrogen-bond donors (Lipinski definition) is 1. The summed E-state index contributed by atoms with van der Waals surface area (Å²) in [6.45, 7) is 2.10. The minimum absolute atomic E-state index is 0.199. The van der Waals surface area contributed by atoms with E-state index in [0.29, 0.717) is 11.4 Å². The second-order valence-corrected chi connectivity index (χ2v) is 10.9. The molecule has 2 amide bonds. The third-order valence-corrected chi connectivity index (χ3v) is 8.37. The van der Waals surface area contributed by atoms with Crippen molar-refractivity contribution in [1.82, 2.24) is 10.2 Å². The summed E-state index contributed by atoms with van der Waals surface area (Å²) in [5.41, 5.74) is 3.85. The van der Waals surface area contributed by atoms with Crippen LogP contribution in [0.1, 0.15) is 49.0 Å². The largest absolute Gasteiger partial charge is 0.448 e. The van der Waals surface area contributed by atoms with Crippen molar-refractivity contribution in [3.63, 3.8) is 0 Å².